The summed E-state index contributed by atoms with van der Waals surface area (Å²) >= 11 is 0. The Bertz CT molecular complexity index is 1010. The van der Waals surface area contributed by atoms with Crippen molar-refractivity contribution in [2.45, 2.75) is 45.8 Å². The third-order valence-electron chi connectivity index (χ3n) is 5.19. The summed E-state index contributed by atoms with van der Waals surface area (Å²) < 4.78 is 1.85. The van der Waals surface area contributed by atoms with Gasteiger partial charge in [-0.15, -0.1) is 0 Å². The average Bonchev–Trinajstić information content (AvgIpc) is 3.26. The molecule has 0 aliphatic rings. The van der Waals surface area contributed by atoms with E-state index >= 15 is 0 Å². The minimum atomic E-state index is -0.307. The Morgan fingerprint density at radius 2 is 1.71 bits per heavy atom. The Labute approximate surface area is 182 Å². The Morgan fingerprint density at radius 3 is 2.35 bits per heavy atom. The molecule has 0 spiro atoms. The highest BCUT2D eigenvalue weighted by Crippen LogP contribution is 2.13. The van der Waals surface area contributed by atoms with Crippen LogP contribution in [-0.4, -0.2) is 27.3 Å². The van der Waals surface area contributed by atoms with Crippen LogP contribution < -0.4 is 16.0 Å². The van der Waals surface area contributed by atoms with E-state index in [2.05, 4.69) is 21.0 Å². The number of anilines is 1. The molecule has 162 valence electrons. The third-order valence-corrected chi connectivity index (χ3v) is 5.19. The molecule has 0 saturated carbocycles. The van der Waals surface area contributed by atoms with Crippen LogP contribution in [0.5, 0.6) is 0 Å². The van der Waals surface area contributed by atoms with Gasteiger partial charge in [0.05, 0.1) is 6.54 Å². The monoisotopic (exact) mass is 419 g/mol. The molecule has 0 atom stereocenters. The van der Waals surface area contributed by atoms with Crippen LogP contribution in [-0.2, 0) is 13.1 Å². The molecule has 3 rings (SSSR count). The molecule has 1 aromatic heterocycles. The maximum absolute atomic E-state index is 12.3. The second kappa shape index (κ2) is 9.93. The van der Waals surface area contributed by atoms with E-state index in [0.717, 1.165) is 17.5 Å². The number of carbonyl (C=O) groups excluding carboxylic acids is 2. The number of benzene rings is 2. The number of amides is 3. The largest absolute Gasteiger partial charge is 0.347 e. The van der Waals surface area contributed by atoms with Crippen LogP contribution >= 0.6 is 0 Å². The summed E-state index contributed by atoms with van der Waals surface area (Å²) in [6.45, 7) is 7.04. The van der Waals surface area contributed by atoms with Gasteiger partial charge in [0, 0.05) is 35.7 Å². The standard InChI is InChI=1S/C24H29N5O2/c1-4-24(2,3)28-22(30)18-10-12-21(13-11-18)27-23(31)25-16-19-8-5-6-9-20(19)17-29-15-7-14-26-29/h5-15H,4,16-17H2,1-3H3,(H,28,30)(H2,25,27,31). The van der Waals surface area contributed by atoms with Gasteiger partial charge in [-0.2, -0.15) is 5.10 Å². The van der Waals surface area contributed by atoms with Crippen molar-refractivity contribution in [3.05, 3.63) is 83.7 Å². The fourth-order valence-electron chi connectivity index (χ4n) is 2.98. The number of urea groups is 1. The maximum Gasteiger partial charge on any atom is 0.319 e. The number of aromatic nitrogens is 2. The van der Waals surface area contributed by atoms with Gasteiger partial charge in [-0.05, 0) is 61.7 Å². The van der Waals surface area contributed by atoms with Crippen molar-refractivity contribution in [1.82, 2.24) is 20.4 Å². The molecule has 0 aliphatic carbocycles. The van der Waals surface area contributed by atoms with E-state index in [1.54, 1.807) is 30.5 Å². The quantitative estimate of drug-likeness (QED) is 0.512. The Kier molecular flexibility index (Phi) is 7.07. The highest BCUT2D eigenvalue weighted by Gasteiger charge is 2.18. The van der Waals surface area contributed by atoms with E-state index in [4.69, 9.17) is 0 Å². The van der Waals surface area contributed by atoms with Crippen LogP contribution in [0.1, 0.15) is 48.7 Å². The van der Waals surface area contributed by atoms with E-state index in [1.165, 1.54) is 0 Å². The molecule has 0 radical (unpaired) electrons. The van der Waals surface area contributed by atoms with Gasteiger partial charge in [0.2, 0.25) is 0 Å². The van der Waals surface area contributed by atoms with E-state index in [1.807, 2.05) is 62.0 Å². The Morgan fingerprint density at radius 1 is 1.00 bits per heavy atom. The van der Waals surface area contributed by atoms with Gasteiger partial charge in [0.25, 0.3) is 5.91 Å². The third kappa shape index (κ3) is 6.44. The lowest BCUT2D eigenvalue weighted by molar-refractivity contribution is 0.0911. The zero-order valence-electron chi connectivity index (χ0n) is 18.2. The average molecular weight is 420 g/mol. The lowest BCUT2D eigenvalue weighted by Crippen LogP contribution is -2.42. The summed E-state index contributed by atoms with van der Waals surface area (Å²) in [4.78, 5) is 24.7. The molecule has 31 heavy (non-hydrogen) atoms. The van der Waals surface area contributed by atoms with Crippen molar-refractivity contribution >= 4 is 17.6 Å². The molecule has 0 aliphatic heterocycles. The number of hydrogen-bond acceptors (Lipinski definition) is 3. The maximum atomic E-state index is 12.3. The van der Waals surface area contributed by atoms with Gasteiger partial charge < -0.3 is 16.0 Å². The molecule has 1 heterocycles. The number of nitrogens with zero attached hydrogens (tertiary/aromatic N) is 2. The summed E-state index contributed by atoms with van der Waals surface area (Å²) in [5.41, 5.74) is 3.03. The minimum Gasteiger partial charge on any atom is -0.347 e. The summed E-state index contributed by atoms with van der Waals surface area (Å²) in [6.07, 6.45) is 4.49. The van der Waals surface area contributed by atoms with Gasteiger partial charge in [-0.1, -0.05) is 31.2 Å². The lowest BCUT2D eigenvalue weighted by Gasteiger charge is -2.24. The minimum absolute atomic E-state index is 0.128. The van der Waals surface area contributed by atoms with Crippen LogP contribution in [0.15, 0.2) is 67.0 Å². The van der Waals surface area contributed by atoms with Gasteiger partial charge in [-0.25, -0.2) is 4.79 Å². The number of hydrogen-bond donors (Lipinski definition) is 3. The predicted octanol–water partition coefficient (Wildman–Crippen LogP) is 4.17. The highest BCUT2D eigenvalue weighted by molar-refractivity contribution is 5.96. The van der Waals surface area contributed by atoms with E-state index in [0.29, 0.717) is 24.3 Å². The van der Waals surface area contributed by atoms with Crippen molar-refractivity contribution in [1.29, 1.82) is 0 Å². The Balaban J connectivity index is 1.54. The summed E-state index contributed by atoms with van der Waals surface area (Å²) in [5.74, 6) is -0.128. The summed E-state index contributed by atoms with van der Waals surface area (Å²) in [6, 6.07) is 16.4. The molecule has 3 aromatic rings. The molecule has 7 nitrogen and oxygen atoms in total. The van der Waals surface area contributed by atoms with Crippen LogP contribution in [0.25, 0.3) is 0 Å². The van der Waals surface area contributed by atoms with E-state index in [9.17, 15) is 9.59 Å². The Hall–Kier alpha value is -3.61. The zero-order valence-corrected chi connectivity index (χ0v) is 18.2. The molecule has 0 bridgehead atoms. The first-order chi connectivity index (χ1) is 14.9. The molecule has 7 heteroatoms. The van der Waals surface area contributed by atoms with Crippen LogP contribution in [0.4, 0.5) is 10.5 Å². The first kappa shape index (κ1) is 22.1. The molecule has 0 fully saturated rings. The van der Waals surface area contributed by atoms with Gasteiger partial charge >= 0.3 is 6.03 Å². The van der Waals surface area contributed by atoms with Crippen molar-refractivity contribution in [3.8, 4) is 0 Å². The SMILES string of the molecule is CCC(C)(C)NC(=O)c1ccc(NC(=O)NCc2ccccc2Cn2cccn2)cc1. The summed E-state index contributed by atoms with van der Waals surface area (Å²) in [7, 11) is 0. The normalized spacial score (nSPS) is 11.1. The molecule has 3 N–H and O–H groups in total. The van der Waals surface area contributed by atoms with E-state index < -0.39 is 0 Å². The van der Waals surface area contributed by atoms with Crippen LogP contribution in [0.2, 0.25) is 0 Å². The fourth-order valence-corrected chi connectivity index (χ4v) is 2.98. The zero-order chi connectivity index (χ0) is 22.3. The van der Waals surface area contributed by atoms with Gasteiger partial charge in [0.1, 0.15) is 0 Å². The van der Waals surface area contributed by atoms with Gasteiger partial charge in [0.15, 0.2) is 0 Å². The van der Waals surface area contributed by atoms with Gasteiger partial charge in [-0.3, -0.25) is 9.48 Å². The molecule has 0 unspecified atom stereocenters. The topological polar surface area (TPSA) is 88.0 Å². The molecular formula is C24H29N5O2. The van der Waals surface area contributed by atoms with Crippen molar-refractivity contribution in [3.63, 3.8) is 0 Å². The first-order valence-corrected chi connectivity index (χ1v) is 10.4. The summed E-state index contributed by atoms with van der Waals surface area (Å²) in [5, 5.41) is 12.9. The second-order valence-corrected chi connectivity index (χ2v) is 8.05. The molecule has 3 amide bonds. The first-order valence-electron chi connectivity index (χ1n) is 10.4. The van der Waals surface area contributed by atoms with Crippen LogP contribution in [0.3, 0.4) is 0 Å². The molecule has 0 saturated heterocycles. The smallest absolute Gasteiger partial charge is 0.319 e. The lowest BCUT2D eigenvalue weighted by atomic mass is 10.0. The highest BCUT2D eigenvalue weighted by atomic mass is 16.2. The molecular weight excluding hydrogens is 390 g/mol. The number of nitrogens with one attached hydrogen (secondary N) is 3. The van der Waals surface area contributed by atoms with Crippen LogP contribution in [0, 0.1) is 0 Å². The second-order valence-electron chi connectivity index (χ2n) is 8.05. The van der Waals surface area contributed by atoms with Crippen molar-refractivity contribution < 1.29 is 9.59 Å². The number of carbonyl (C=O) groups is 2. The van der Waals surface area contributed by atoms with E-state index in [-0.39, 0.29) is 17.5 Å². The number of rotatable bonds is 8. The van der Waals surface area contributed by atoms with Crippen molar-refractivity contribution in [2.75, 3.05) is 5.32 Å². The predicted molar refractivity (Wildman–Crippen MR) is 122 cm³/mol. The van der Waals surface area contributed by atoms with Crippen molar-refractivity contribution in [2.24, 2.45) is 0 Å². The fraction of sp³-hybridized carbons (Fsp3) is 0.292. The molecule has 2 aromatic carbocycles.